The summed E-state index contributed by atoms with van der Waals surface area (Å²) in [6, 6.07) is 10.8. The van der Waals surface area contributed by atoms with Crippen LogP contribution in [-0.2, 0) is 6.42 Å². The maximum atomic E-state index is 12.8. The number of carbonyl (C=O) groups excluding carboxylic acids is 1. The van der Waals surface area contributed by atoms with Gasteiger partial charge in [0.05, 0.1) is 0 Å². The van der Waals surface area contributed by atoms with E-state index in [0.717, 1.165) is 55.1 Å². The normalized spacial score (nSPS) is 17.7. The molecule has 0 bridgehead atoms. The molecule has 2 aromatic rings. The molecule has 1 aromatic heterocycles. The molecular formula is C29H45N5O. The van der Waals surface area contributed by atoms with E-state index in [1.54, 1.807) is 0 Å². The standard InChI is InChI=1S/C29H45N5O/c1-5-6-7-8-9-10-11-12-23-13-15-24(16-14-23)29(35)33-26-19-17-25(18-20-26)32-27-21-28(34(3)4)31-22(2)30-27/h13-16,21,25-26H,5-12,17-20H2,1-4H3,(H,33,35)(H,30,31,32). The summed E-state index contributed by atoms with van der Waals surface area (Å²) in [5.41, 5.74) is 2.10. The molecule has 1 aliphatic rings. The van der Waals surface area contributed by atoms with E-state index in [1.807, 2.05) is 44.1 Å². The van der Waals surface area contributed by atoms with E-state index in [1.165, 1.54) is 50.5 Å². The number of rotatable bonds is 13. The first kappa shape index (κ1) is 27.0. The zero-order chi connectivity index (χ0) is 25.0. The van der Waals surface area contributed by atoms with E-state index in [2.05, 4.69) is 39.7 Å². The van der Waals surface area contributed by atoms with Crippen molar-refractivity contribution in [1.29, 1.82) is 0 Å². The third-order valence-electron chi connectivity index (χ3n) is 6.98. The fourth-order valence-electron chi connectivity index (χ4n) is 4.82. The number of amides is 1. The molecular weight excluding hydrogens is 434 g/mol. The molecule has 1 aromatic carbocycles. The van der Waals surface area contributed by atoms with Crippen molar-refractivity contribution < 1.29 is 4.79 Å². The number of nitrogens with one attached hydrogen (secondary N) is 2. The molecule has 0 spiro atoms. The molecule has 192 valence electrons. The van der Waals surface area contributed by atoms with Crippen LogP contribution in [0.3, 0.4) is 0 Å². The lowest BCUT2D eigenvalue weighted by molar-refractivity contribution is 0.0926. The van der Waals surface area contributed by atoms with Gasteiger partial charge in [0.2, 0.25) is 0 Å². The Morgan fingerprint density at radius 2 is 1.54 bits per heavy atom. The highest BCUT2D eigenvalue weighted by Gasteiger charge is 2.23. The molecule has 2 N–H and O–H groups in total. The van der Waals surface area contributed by atoms with Crippen LogP contribution in [0.5, 0.6) is 0 Å². The Balaban J connectivity index is 1.37. The number of aromatic nitrogens is 2. The van der Waals surface area contributed by atoms with Crippen molar-refractivity contribution in [3.63, 3.8) is 0 Å². The zero-order valence-electron chi connectivity index (χ0n) is 22.3. The molecule has 1 saturated carbocycles. The monoisotopic (exact) mass is 479 g/mol. The minimum atomic E-state index is 0.0472. The third-order valence-corrected chi connectivity index (χ3v) is 6.98. The van der Waals surface area contributed by atoms with E-state index in [4.69, 9.17) is 0 Å². The fourth-order valence-corrected chi connectivity index (χ4v) is 4.82. The van der Waals surface area contributed by atoms with Crippen molar-refractivity contribution >= 4 is 17.5 Å². The number of aryl methyl sites for hydroxylation is 2. The van der Waals surface area contributed by atoms with Crippen LogP contribution in [0.4, 0.5) is 11.6 Å². The van der Waals surface area contributed by atoms with Gasteiger partial charge < -0.3 is 15.5 Å². The smallest absolute Gasteiger partial charge is 0.251 e. The average molecular weight is 480 g/mol. The first-order valence-electron chi connectivity index (χ1n) is 13.6. The molecule has 6 heteroatoms. The first-order chi connectivity index (χ1) is 16.9. The maximum absolute atomic E-state index is 12.8. The highest BCUT2D eigenvalue weighted by molar-refractivity contribution is 5.94. The van der Waals surface area contributed by atoms with Gasteiger partial charge in [0.25, 0.3) is 5.91 Å². The molecule has 0 saturated heterocycles. The van der Waals surface area contributed by atoms with E-state index >= 15 is 0 Å². The summed E-state index contributed by atoms with van der Waals surface area (Å²) in [5, 5.41) is 6.82. The predicted octanol–water partition coefficient (Wildman–Crippen LogP) is 6.30. The molecule has 1 heterocycles. The number of benzene rings is 1. The second-order valence-corrected chi connectivity index (χ2v) is 10.3. The molecule has 1 amide bonds. The third kappa shape index (κ3) is 9.15. The van der Waals surface area contributed by atoms with E-state index < -0.39 is 0 Å². The molecule has 0 aliphatic heterocycles. The lowest BCUT2D eigenvalue weighted by Crippen LogP contribution is -2.40. The second-order valence-electron chi connectivity index (χ2n) is 10.3. The van der Waals surface area contributed by atoms with Crippen LogP contribution in [0.15, 0.2) is 30.3 Å². The van der Waals surface area contributed by atoms with Gasteiger partial charge in [-0.2, -0.15) is 0 Å². The summed E-state index contributed by atoms with van der Waals surface area (Å²) in [5.74, 6) is 2.61. The van der Waals surface area contributed by atoms with Crippen molar-refractivity contribution in [2.45, 2.75) is 103 Å². The van der Waals surface area contributed by atoms with Crippen LogP contribution >= 0.6 is 0 Å². The number of hydrogen-bond acceptors (Lipinski definition) is 5. The summed E-state index contributed by atoms with van der Waals surface area (Å²) >= 11 is 0. The highest BCUT2D eigenvalue weighted by Crippen LogP contribution is 2.23. The first-order valence-corrected chi connectivity index (χ1v) is 13.6. The van der Waals surface area contributed by atoms with Gasteiger partial charge in [0, 0.05) is 37.8 Å². The van der Waals surface area contributed by atoms with Crippen LogP contribution in [0.25, 0.3) is 0 Å². The molecule has 35 heavy (non-hydrogen) atoms. The Labute approximate surface area is 212 Å². The zero-order valence-corrected chi connectivity index (χ0v) is 22.3. The van der Waals surface area contributed by atoms with Gasteiger partial charge in [0.15, 0.2) is 0 Å². The van der Waals surface area contributed by atoms with Gasteiger partial charge in [-0.1, -0.05) is 57.6 Å². The Morgan fingerprint density at radius 1 is 0.914 bits per heavy atom. The van der Waals surface area contributed by atoms with Crippen molar-refractivity contribution in [3.8, 4) is 0 Å². The molecule has 0 unspecified atom stereocenters. The van der Waals surface area contributed by atoms with Crippen molar-refractivity contribution in [2.75, 3.05) is 24.3 Å². The van der Waals surface area contributed by atoms with E-state index in [9.17, 15) is 4.79 Å². The summed E-state index contributed by atoms with van der Waals surface area (Å²) in [7, 11) is 3.98. The van der Waals surface area contributed by atoms with Crippen LogP contribution in [0.2, 0.25) is 0 Å². The summed E-state index contributed by atoms with van der Waals surface area (Å²) in [6.45, 7) is 4.18. The van der Waals surface area contributed by atoms with Gasteiger partial charge in [-0.3, -0.25) is 4.79 Å². The fraction of sp³-hybridized carbons (Fsp3) is 0.621. The quantitative estimate of drug-likeness (QED) is 0.330. The highest BCUT2D eigenvalue weighted by atomic mass is 16.1. The molecule has 6 nitrogen and oxygen atoms in total. The van der Waals surface area contributed by atoms with E-state index in [-0.39, 0.29) is 11.9 Å². The number of unbranched alkanes of at least 4 members (excludes halogenated alkanes) is 6. The number of carbonyl (C=O) groups is 1. The van der Waals surface area contributed by atoms with Gasteiger partial charge in [0.1, 0.15) is 17.5 Å². The minimum absolute atomic E-state index is 0.0472. The van der Waals surface area contributed by atoms with Crippen molar-refractivity contribution in [2.24, 2.45) is 0 Å². The van der Waals surface area contributed by atoms with Crippen LogP contribution in [0.1, 0.15) is 99.3 Å². The van der Waals surface area contributed by atoms with Gasteiger partial charge in [-0.25, -0.2) is 9.97 Å². The molecule has 0 atom stereocenters. The maximum Gasteiger partial charge on any atom is 0.251 e. The molecule has 1 fully saturated rings. The molecule has 1 aliphatic carbocycles. The summed E-state index contributed by atoms with van der Waals surface area (Å²) < 4.78 is 0. The second kappa shape index (κ2) is 14.1. The van der Waals surface area contributed by atoms with Crippen LogP contribution < -0.4 is 15.5 Å². The number of hydrogen-bond donors (Lipinski definition) is 2. The predicted molar refractivity (Wildman–Crippen MR) is 146 cm³/mol. The molecule has 0 radical (unpaired) electrons. The van der Waals surface area contributed by atoms with Gasteiger partial charge >= 0.3 is 0 Å². The minimum Gasteiger partial charge on any atom is -0.367 e. The van der Waals surface area contributed by atoms with Crippen LogP contribution in [0, 0.1) is 6.92 Å². The SMILES string of the molecule is CCCCCCCCCc1ccc(C(=O)NC2CCC(Nc3cc(N(C)C)nc(C)n3)CC2)cc1. The molecule has 3 rings (SSSR count). The van der Waals surface area contributed by atoms with Gasteiger partial charge in [-0.15, -0.1) is 0 Å². The Hall–Kier alpha value is -2.63. The number of anilines is 2. The Bertz CT molecular complexity index is 904. The van der Waals surface area contributed by atoms with E-state index in [0.29, 0.717) is 6.04 Å². The Kier molecular flexibility index (Phi) is 10.8. The van der Waals surface area contributed by atoms with Crippen LogP contribution in [-0.4, -0.2) is 42.1 Å². The van der Waals surface area contributed by atoms with Gasteiger partial charge in [-0.05, 0) is 63.1 Å². The van der Waals surface area contributed by atoms with Crippen molar-refractivity contribution in [1.82, 2.24) is 15.3 Å². The average Bonchev–Trinajstić information content (AvgIpc) is 2.84. The van der Waals surface area contributed by atoms with Crippen molar-refractivity contribution in [3.05, 3.63) is 47.3 Å². The summed E-state index contributed by atoms with van der Waals surface area (Å²) in [4.78, 5) is 23.8. The Morgan fingerprint density at radius 3 is 2.20 bits per heavy atom. The lowest BCUT2D eigenvalue weighted by atomic mass is 9.91. The summed E-state index contributed by atoms with van der Waals surface area (Å²) in [6.07, 6.45) is 14.4. The lowest BCUT2D eigenvalue weighted by Gasteiger charge is -2.30. The number of nitrogens with zero attached hydrogens (tertiary/aromatic N) is 3. The largest absolute Gasteiger partial charge is 0.367 e. The topological polar surface area (TPSA) is 70.2 Å².